The number of rotatable bonds is 7. The molecule has 9 nitrogen and oxygen atoms in total. The molecule has 0 unspecified atom stereocenters. The van der Waals surface area contributed by atoms with Crippen LogP contribution in [0.4, 0.5) is 19.0 Å². The Morgan fingerprint density at radius 3 is 2.50 bits per heavy atom. The number of anilines is 1. The number of aromatic nitrogens is 5. The van der Waals surface area contributed by atoms with Crippen LogP contribution in [0.5, 0.6) is 5.75 Å². The van der Waals surface area contributed by atoms with Crippen molar-refractivity contribution < 1.29 is 23.1 Å². The van der Waals surface area contributed by atoms with Crippen molar-refractivity contribution >= 4 is 34.7 Å². The molecule has 0 aliphatic carbocycles. The minimum Gasteiger partial charge on any atom is -0.503 e. The van der Waals surface area contributed by atoms with Crippen LogP contribution in [0.15, 0.2) is 77.9 Å². The highest BCUT2D eigenvalue weighted by molar-refractivity contribution is 7.16. The summed E-state index contributed by atoms with van der Waals surface area (Å²) in [5.74, 6) is -1.24. The molecule has 0 radical (unpaired) electrons. The molecular weight excluding hydrogens is 569 g/mol. The van der Waals surface area contributed by atoms with E-state index in [1.165, 1.54) is 54.1 Å². The summed E-state index contributed by atoms with van der Waals surface area (Å²) in [6.07, 6.45) is -1.81. The van der Waals surface area contributed by atoms with Crippen molar-refractivity contribution in [1.29, 1.82) is 0 Å². The Bertz CT molecular complexity index is 1750. The molecule has 14 heteroatoms. The van der Waals surface area contributed by atoms with Crippen LogP contribution in [0, 0.1) is 0 Å². The summed E-state index contributed by atoms with van der Waals surface area (Å²) in [6.45, 7) is 0.0501. The minimum absolute atomic E-state index is 0.0736. The highest BCUT2D eigenvalue weighted by Crippen LogP contribution is 2.33. The number of halogens is 4. The van der Waals surface area contributed by atoms with Gasteiger partial charge in [-0.1, -0.05) is 23.7 Å². The van der Waals surface area contributed by atoms with Gasteiger partial charge in [-0.25, -0.2) is 9.97 Å². The molecule has 0 bridgehead atoms. The Balaban J connectivity index is 1.62. The third-order valence-corrected chi connectivity index (χ3v) is 7.00. The Morgan fingerprint density at radius 1 is 1.05 bits per heavy atom. The molecule has 0 aliphatic rings. The van der Waals surface area contributed by atoms with E-state index in [1.54, 1.807) is 18.2 Å². The minimum atomic E-state index is -4.78. The fourth-order valence-corrected chi connectivity index (χ4v) is 4.97. The molecule has 4 aromatic heterocycles. The smallest absolute Gasteiger partial charge is 0.417 e. The number of hydrogen-bond donors (Lipinski definition) is 2. The maximum Gasteiger partial charge on any atom is 0.417 e. The summed E-state index contributed by atoms with van der Waals surface area (Å²) >= 11 is 7.30. The maximum atomic E-state index is 13.7. The molecule has 0 fully saturated rings. The van der Waals surface area contributed by atoms with Crippen molar-refractivity contribution in [3.05, 3.63) is 110 Å². The molecule has 204 valence electrons. The van der Waals surface area contributed by atoms with E-state index in [0.717, 1.165) is 26.3 Å². The van der Waals surface area contributed by atoms with Crippen molar-refractivity contribution in [3.63, 3.8) is 0 Å². The van der Waals surface area contributed by atoms with Gasteiger partial charge in [0, 0.05) is 23.3 Å². The molecule has 0 aliphatic heterocycles. The Morgan fingerprint density at radius 2 is 1.80 bits per heavy atom. The number of carbonyl (C=O) groups is 1. The van der Waals surface area contributed by atoms with E-state index < -0.39 is 34.5 Å². The first-order valence-corrected chi connectivity index (χ1v) is 12.8. The fourth-order valence-electron chi connectivity index (χ4n) is 3.94. The Hall–Kier alpha value is -4.49. The lowest BCUT2D eigenvalue weighted by Gasteiger charge is -2.13. The molecule has 40 heavy (non-hydrogen) atoms. The molecule has 5 aromatic rings. The summed E-state index contributed by atoms with van der Waals surface area (Å²) in [5, 5.41) is 17.4. The second-order valence-corrected chi connectivity index (χ2v) is 10.2. The number of thiophene rings is 1. The highest BCUT2D eigenvalue weighted by Gasteiger charge is 2.36. The van der Waals surface area contributed by atoms with E-state index in [-0.39, 0.29) is 36.1 Å². The van der Waals surface area contributed by atoms with Gasteiger partial charge < -0.3 is 10.4 Å². The predicted molar refractivity (Wildman–Crippen MR) is 143 cm³/mol. The number of aromatic hydroxyl groups is 1. The zero-order valence-corrected chi connectivity index (χ0v) is 21.8. The zero-order valence-electron chi connectivity index (χ0n) is 20.3. The van der Waals surface area contributed by atoms with Crippen molar-refractivity contribution in [2.75, 3.05) is 5.32 Å². The highest BCUT2D eigenvalue weighted by atomic mass is 35.5. The van der Waals surface area contributed by atoms with Crippen LogP contribution < -0.4 is 10.9 Å². The number of alkyl halides is 3. The van der Waals surface area contributed by atoms with Crippen LogP contribution in [-0.2, 0) is 19.3 Å². The molecular formula is C26H18ClF3N6O3S. The summed E-state index contributed by atoms with van der Waals surface area (Å²) in [4.78, 5) is 35.4. The van der Waals surface area contributed by atoms with Crippen LogP contribution >= 0.6 is 22.9 Å². The van der Waals surface area contributed by atoms with Crippen molar-refractivity contribution in [2.45, 2.75) is 19.3 Å². The van der Waals surface area contributed by atoms with Crippen LogP contribution in [0.1, 0.15) is 26.6 Å². The largest absolute Gasteiger partial charge is 0.503 e. The number of nitrogens with one attached hydrogen (secondary N) is 1. The quantitative estimate of drug-likeness (QED) is 0.266. The van der Waals surface area contributed by atoms with Gasteiger partial charge in [0.15, 0.2) is 5.75 Å². The van der Waals surface area contributed by atoms with Crippen molar-refractivity contribution in [3.8, 4) is 17.1 Å². The SMILES string of the molecule is O=C(c1ccccc1C(F)(F)F)n1nc(-c2ccc(O)c(=O)n2Cc2ncccn2)cc1NCc1ccc(Cl)s1. The molecule has 0 saturated heterocycles. The van der Waals surface area contributed by atoms with Crippen LogP contribution in [0.2, 0.25) is 4.34 Å². The lowest BCUT2D eigenvalue weighted by atomic mass is 10.1. The molecule has 0 spiro atoms. The van der Waals surface area contributed by atoms with Gasteiger partial charge in [0.2, 0.25) is 0 Å². The second kappa shape index (κ2) is 10.9. The second-order valence-electron chi connectivity index (χ2n) is 8.39. The number of hydrogen-bond acceptors (Lipinski definition) is 8. The van der Waals surface area contributed by atoms with E-state index in [4.69, 9.17) is 11.6 Å². The Kier molecular flexibility index (Phi) is 7.41. The standard InChI is InChI=1S/C26H18ClF3N6O3S/c27-21-9-6-15(40-21)13-33-23-12-18(34-36(23)24(38)16-4-1-2-5-17(16)26(28,29)30)19-7-8-20(37)25(39)35(19)14-22-31-10-3-11-32-22/h1-12,33,37H,13-14H2. The molecule has 4 heterocycles. The number of pyridine rings is 1. The molecule has 5 rings (SSSR count). The van der Waals surface area contributed by atoms with Gasteiger partial charge in [-0.3, -0.25) is 14.2 Å². The first-order chi connectivity index (χ1) is 19.1. The van der Waals surface area contributed by atoms with E-state index in [1.807, 2.05) is 0 Å². The third kappa shape index (κ3) is 5.60. The molecule has 0 saturated carbocycles. The first kappa shape index (κ1) is 27.1. The molecule has 1 aromatic carbocycles. The summed E-state index contributed by atoms with van der Waals surface area (Å²) in [7, 11) is 0. The molecule has 0 amide bonds. The normalized spacial score (nSPS) is 11.5. The topological polar surface area (TPSA) is 115 Å². The maximum absolute atomic E-state index is 13.7. The predicted octanol–water partition coefficient (Wildman–Crippen LogP) is 5.29. The summed E-state index contributed by atoms with van der Waals surface area (Å²) < 4.78 is 43.7. The number of nitrogens with zero attached hydrogens (tertiary/aromatic N) is 5. The average Bonchev–Trinajstić information content (AvgIpc) is 3.56. The number of carbonyl (C=O) groups excluding carboxylic acids is 1. The number of benzene rings is 1. The zero-order chi connectivity index (χ0) is 28.4. The third-order valence-electron chi connectivity index (χ3n) is 5.77. The van der Waals surface area contributed by atoms with Crippen LogP contribution in [0.3, 0.4) is 0 Å². The van der Waals surface area contributed by atoms with E-state index >= 15 is 0 Å². The van der Waals surface area contributed by atoms with Gasteiger partial charge in [0.25, 0.3) is 11.5 Å². The van der Waals surface area contributed by atoms with Gasteiger partial charge >= 0.3 is 6.18 Å². The van der Waals surface area contributed by atoms with E-state index in [2.05, 4.69) is 20.4 Å². The lowest BCUT2D eigenvalue weighted by molar-refractivity contribution is -0.137. The molecule has 0 atom stereocenters. The van der Waals surface area contributed by atoms with Crippen LogP contribution in [0.25, 0.3) is 11.4 Å². The van der Waals surface area contributed by atoms with Gasteiger partial charge in [0.05, 0.1) is 34.2 Å². The van der Waals surface area contributed by atoms with Crippen molar-refractivity contribution in [1.82, 2.24) is 24.3 Å². The van der Waals surface area contributed by atoms with Gasteiger partial charge in [-0.15, -0.1) is 11.3 Å². The van der Waals surface area contributed by atoms with Crippen molar-refractivity contribution in [2.24, 2.45) is 0 Å². The average molecular weight is 587 g/mol. The van der Waals surface area contributed by atoms with Gasteiger partial charge in [0.1, 0.15) is 17.3 Å². The summed E-state index contributed by atoms with van der Waals surface area (Å²) in [5.41, 5.74) is -2.23. The fraction of sp³-hybridized carbons (Fsp3) is 0.115. The monoisotopic (exact) mass is 586 g/mol. The lowest BCUT2D eigenvalue weighted by Crippen LogP contribution is -2.23. The van der Waals surface area contributed by atoms with E-state index in [0.29, 0.717) is 4.34 Å². The summed E-state index contributed by atoms with van der Waals surface area (Å²) in [6, 6.07) is 13.5. The van der Waals surface area contributed by atoms with Gasteiger partial charge in [-0.05, 0) is 42.5 Å². The van der Waals surface area contributed by atoms with Crippen LogP contribution in [-0.4, -0.2) is 35.3 Å². The van der Waals surface area contributed by atoms with E-state index in [9.17, 15) is 27.9 Å². The first-order valence-electron chi connectivity index (χ1n) is 11.6. The molecule has 2 N–H and O–H groups in total. The Labute approximate surface area is 233 Å². The van der Waals surface area contributed by atoms with Gasteiger partial charge in [-0.2, -0.15) is 23.0 Å².